The Morgan fingerprint density at radius 2 is 1.89 bits per heavy atom. The highest BCUT2D eigenvalue weighted by Crippen LogP contribution is 2.23. The smallest absolute Gasteiger partial charge is 0.422 e. The number of nitrogens with zero attached hydrogens (tertiary/aromatic N) is 1. The van der Waals surface area contributed by atoms with Crippen LogP contribution in [0.25, 0.3) is 0 Å². The maximum Gasteiger partial charge on any atom is 0.422 e. The molecule has 0 atom stereocenters. The van der Waals surface area contributed by atoms with Crippen molar-refractivity contribution >= 4 is 6.09 Å². The molecule has 0 aromatic heterocycles. The van der Waals surface area contributed by atoms with E-state index >= 15 is 0 Å². The van der Waals surface area contributed by atoms with Crippen molar-refractivity contribution in [2.75, 3.05) is 19.8 Å². The Bertz CT molecular complexity index is 265. The van der Waals surface area contributed by atoms with E-state index in [2.05, 4.69) is 4.74 Å². The summed E-state index contributed by atoms with van der Waals surface area (Å²) in [5.74, 6) is 0. The Kier molecular flexibility index (Phi) is 5.71. The van der Waals surface area contributed by atoms with Crippen LogP contribution < -0.4 is 0 Å². The topological polar surface area (TPSA) is 49.8 Å². The minimum absolute atomic E-state index is 0.0152. The van der Waals surface area contributed by atoms with Crippen molar-refractivity contribution in [1.29, 1.82) is 0 Å². The molecule has 106 valence electrons. The fourth-order valence-corrected chi connectivity index (χ4v) is 2.15. The maximum absolute atomic E-state index is 12.0. The van der Waals surface area contributed by atoms with Gasteiger partial charge >= 0.3 is 12.3 Å². The Hall–Kier alpha value is -0.980. The van der Waals surface area contributed by atoms with E-state index in [0.29, 0.717) is 0 Å². The largest absolute Gasteiger partial charge is 0.440 e. The van der Waals surface area contributed by atoms with Gasteiger partial charge in [-0.25, -0.2) is 4.79 Å². The van der Waals surface area contributed by atoms with Gasteiger partial charge in [-0.1, -0.05) is 19.3 Å². The molecule has 7 heteroatoms. The molecule has 1 aliphatic rings. The molecule has 18 heavy (non-hydrogen) atoms. The lowest BCUT2D eigenvalue weighted by Crippen LogP contribution is -2.44. The van der Waals surface area contributed by atoms with Crippen LogP contribution in [0.3, 0.4) is 0 Å². The molecule has 0 spiro atoms. The molecule has 1 aliphatic carbocycles. The van der Waals surface area contributed by atoms with E-state index in [1.807, 2.05) is 0 Å². The first kappa shape index (κ1) is 15.1. The second kappa shape index (κ2) is 6.82. The SMILES string of the molecule is O=C(OCC(F)(F)F)N(CCO)C1CCCCC1. The van der Waals surface area contributed by atoms with Crippen LogP contribution in [0.4, 0.5) is 18.0 Å². The lowest BCUT2D eigenvalue weighted by atomic mass is 9.94. The normalized spacial score (nSPS) is 17.6. The highest BCUT2D eigenvalue weighted by Gasteiger charge is 2.32. The molecule has 1 rings (SSSR count). The van der Waals surface area contributed by atoms with Crippen molar-refractivity contribution in [2.45, 2.75) is 44.3 Å². The second-order valence-corrected chi connectivity index (χ2v) is 4.38. The molecule has 1 fully saturated rings. The number of aliphatic hydroxyl groups is 1. The number of hydrogen-bond donors (Lipinski definition) is 1. The Morgan fingerprint density at radius 1 is 1.28 bits per heavy atom. The number of alkyl halides is 3. The van der Waals surface area contributed by atoms with E-state index in [4.69, 9.17) is 5.11 Å². The minimum atomic E-state index is -4.52. The predicted octanol–water partition coefficient (Wildman–Crippen LogP) is 2.31. The van der Waals surface area contributed by atoms with Gasteiger partial charge in [-0.05, 0) is 12.8 Å². The number of carbonyl (C=O) groups is 1. The first-order valence-electron chi connectivity index (χ1n) is 6.05. The number of rotatable bonds is 4. The molecule has 1 N–H and O–H groups in total. The average molecular weight is 269 g/mol. The van der Waals surface area contributed by atoms with Gasteiger partial charge in [0.15, 0.2) is 6.61 Å². The minimum Gasteiger partial charge on any atom is -0.440 e. The van der Waals surface area contributed by atoms with Crippen LogP contribution in [0.2, 0.25) is 0 Å². The molecule has 0 bridgehead atoms. The highest BCUT2D eigenvalue weighted by atomic mass is 19.4. The molecule has 4 nitrogen and oxygen atoms in total. The summed E-state index contributed by atoms with van der Waals surface area (Å²) in [6.45, 7) is -1.85. The van der Waals surface area contributed by atoms with Gasteiger partial charge in [0.1, 0.15) is 0 Å². The van der Waals surface area contributed by atoms with E-state index in [1.54, 1.807) is 0 Å². The third-order valence-corrected chi connectivity index (χ3v) is 2.95. The van der Waals surface area contributed by atoms with Gasteiger partial charge in [0.2, 0.25) is 0 Å². The maximum atomic E-state index is 12.0. The summed E-state index contributed by atoms with van der Waals surface area (Å²) in [5, 5.41) is 8.87. The van der Waals surface area contributed by atoms with Crippen LogP contribution in [-0.4, -0.2) is 48.1 Å². The second-order valence-electron chi connectivity index (χ2n) is 4.38. The van der Waals surface area contributed by atoms with Gasteiger partial charge in [0, 0.05) is 12.6 Å². The van der Waals surface area contributed by atoms with Crippen LogP contribution in [0.1, 0.15) is 32.1 Å². The molecule has 0 aromatic carbocycles. The third kappa shape index (κ3) is 5.12. The molecule has 1 amide bonds. The average Bonchev–Trinajstić information content (AvgIpc) is 2.33. The summed E-state index contributed by atoms with van der Waals surface area (Å²) >= 11 is 0. The third-order valence-electron chi connectivity index (χ3n) is 2.95. The van der Waals surface area contributed by atoms with E-state index in [0.717, 1.165) is 32.1 Å². The zero-order chi connectivity index (χ0) is 13.6. The number of aliphatic hydroxyl groups excluding tert-OH is 1. The fraction of sp³-hybridized carbons (Fsp3) is 0.909. The summed E-state index contributed by atoms with van der Waals surface area (Å²) in [4.78, 5) is 12.8. The lowest BCUT2D eigenvalue weighted by Gasteiger charge is -2.33. The number of carbonyl (C=O) groups excluding carboxylic acids is 1. The monoisotopic (exact) mass is 269 g/mol. The summed E-state index contributed by atoms with van der Waals surface area (Å²) in [7, 11) is 0. The van der Waals surface area contributed by atoms with Crippen molar-refractivity contribution in [1.82, 2.24) is 4.90 Å². The Balaban J connectivity index is 2.51. The predicted molar refractivity (Wildman–Crippen MR) is 58.1 cm³/mol. The molecule has 0 radical (unpaired) electrons. The van der Waals surface area contributed by atoms with Crippen molar-refractivity contribution in [3.05, 3.63) is 0 Å². The van der Waals surface area contributed by atoms with Crippen LogP contribution >= 0.6 is 0 Å². The summed E-state index contributed by atoms with van der Waals surface area (Å²) in [6.07, 6.45) is -1.05. The molecule has 0 saturated heterocycles. The van der Waals surface area contributed by atoms with Gasteiger partial charge in [-0.3, -0.25) is 0 Å². The lowest BCUT2D eigenvalue weighted by molar-refractivity contribution is -0.163. The van der Waals surface area contributed by atoms with Crippen molar-refractivity contribution in [3.8, 4) is 0 Å². The quantitative estimate of drug-likeness (QED) is 0.852. The molecule has 0 heterocycles. The summed E-state index contributed by atoms with van der Waals surface area (Å²) < 4.78 is 40.1. The molecular weight excluding hydrogens is 251 g/mol. The zero-order valence-electron chi connectivity index (χ0n) is 10.1. The van der Waals surface area contributed by atoms with Crippen molar-refractivity contribution in [2.24, 2.45) is 0 Å². The van der Waals surface area contributed by atoms with Gasteiger partial charge in [-0.15, -0.1) is 0 Å². The first-order chi connectivity index (χ1) is 8.44. The van der Waals surface area contributed by atoms with E-state index in [9.17, 15) is 18.0 Å². The molecule has 0 aliphatic heterocycles. The first-order valence-corrected chi connectivity index (χ1v) is 6.05. The van der Waals surface area contributed by atoms with Crippen LogP contribution in [0.5, 0.6) is 0 Å². The number of amides is 1. The van der Waals surface area contributed by atoms with Crippen LogP contribution in [0.15, 0.2) is 0 Å². The van der Waals surface area contributed by atoms with Crippen molar-refractivity contribution < 1.29 is 27.8 Å². The summed E-state index contributed by atoms with van der Waals surface area (Å²) in [5.41, 5.74) is 0. The summed E-state index contributed by atoms with van der Waals surface area (Å²) in [6, 6.07) is -0.119. The van der Waals surface area contributed by atoms with E-state index < -0.39 is 18.9 Å². The Morgan fingerprint density at radius 3 is 2.39 bits per heavy atom. The number of halogens is 3. The fourth-order valence-electron chi connectivity index (χ4n) is 2.15. The van der Waals surface area contributed by atoms with E-state index in [-0.39, 0.29) is 19.2 Å². The number of ether oxygens (including phenoxy) is 1. The van der Waals surface area contributed by atoms with Crippen LogP contribution in [0, 0.1) is 0 Å². The van der Waals surface area contributed by atoms with Crippen LogP contribution in [-0.2, 0) is 4.74 Å². The molecular formula is C11H18F3NO3. The van der Waals surface area contributed by atoms with Gasteiger partial charge in [-0.2, -0.15) is 13.2 Å². The van der Waals surface area contributed by atoms with Crippen molar-refractivity contribution in [3.63, 3.8) is 0 Å². The number of hydrogen-bond acceptors (Lipinski definition) is 3. The Labute approximate surface area is 104 Å². The van der Waals surface area contributed by atoms with Gasteiger partial charge in [0.05, 0.1) is 6.61 Å². The van der Waals surface area contributed by atoms with Gasteiger partial charge < -0.3 is 14.7 Å². The van der Waals surface area contributed by atoms with E-state index in [1.165, 1.54) is 4.90 Å². The standard InChI is InChI=1S/C11H18F3NO3/c12-11(13,14)8-18-10(17)15(6-7-16)9-4-2-1-3-5-9/h9,16H,1-8H2. The highest BCUT2D eigenvalue weighted by molar-refractivity contribution is 5.68. The molecule has 0 unspecified atom stereocenters. The molecule has 1 saturated carbocycles. The zero-order valence-corrected chi connectivity index (χ0v) is 10.1. The molecule has 0 aromatic rings. The van der Waals surface area contributed by atoms with Gasteiger partial charge in [0.25, 0.3) is 0 Å².